The molecule has 0 saturated carbocycles. The number of para-hydroxylation sites is 2. The summed E-state index contributed by atoms with van der Waals surface area (Å²) in [6.07, 6.45) is 0. The molecule has 0 amide bonds. The van der Waals surface area contributed by atoms with Gasteiger partial charge in [-0.15, -0.1) is 0 Å². The highest BCUT2D eigenvalue weighted by Gasteiger charge is 2.17. The Morgan fingerprint density at radius 2 is 1.09 bits per heavy atom. The van der Waals surface area contributed by atoms with Gasteiger partial charge in [0.25, 0.3) is 0 Å². The largest absolute Gasteiger partial charge is 0.456 e. The van der Waals surface area contributed by atoms with E-state index in [1.54, 1.807) is 0 Å². The lowest BCUT2D eigenvalue weighted by molar-refractivity contribution is 0.679. The van der Waals surface area contributed by atoms with Crippen LogP contribution in [0, 0.1) is 0 Å². The van der Waals surface area contributed by atoms with Crippen molar-refractivity contribution in [1.29, 1.82) is 0 Å². The average Bonchev–Trinajstić information content (AvgIpc) is 3.53. The molecule has 0 aliphatic rings. The second kappa shape index (κ2) is 7.50. The van der Waals surface area contributed by atoms with Crippen molar-refractivity contribution >= 4 is 49.8 Å². The smallest absolute Gasteiger partial charge is 0.135 e. The minimum Gasteiger partial charge on any atom is -0.456 e. The van der Waals surface area contributed by atoms with Crippen LogP contribution >= 0.6 is 0 Å². The van der Waals surface area contributed by atoms with Crippen LogP contribution in [0.1, 0.15) is 0 Å². The molecule has 0 fully saturated rings. The summed E-state index contributed by atoms with van der Waals surface area (Å²) in [6, 6.07) is 45.1. The number of hydrogen-bond donors (Lipinski definition) is 0. The van der Waals surface area contributed by atoms with Crippen LogP contribution in [0.2, 0.25) is 0 Å². The molecule has 0 spiro atoms. The molecule has 2 heteroatoms. The molecule has 0 aliphatic carbocycles. The quantitative estimate of drug-likeness (QED) is 0.274. The maximum atomic E-state index is 5.90. The summed E-state index contributed by atoms with van der Waals surface area (Å²) in [5.74, 6) is 0. The van der Waals surface area contributed by atoms with Gasteiger partial charge in [-0.3, -0.25) is 0 Å². The highest BCUT2D eigenvalue weighted by atomic mass is 16.3. The Hall–Kier alpha value is -4.56. The molecule has 0 radical (unpaired) electrons. The number of benzene rings is 6. The summed E-state index contributed by atoms with van der Waals surface area (Å²) in [4.78, 5) is 2.34. The lowest BCUT2D eigenvalue weighted by Crippen LogP contribution is -2.10. The van der Waals surface area contributed by atoms with Crippen LogP contribution in [0.15, 0.2) is 132 Å². The summed E-state index contributed by atoms with van der Waals surface area (Å²) < 4.78 is 5.90. The average molecular weight is 436 g/mol. The molecule has 2 nitrogen and oxygen atoms in total. The topological polar surface area (TPSA) is 16.4 Å². The molecule has 34 heavy (non-hydrogen) atoms. The first-order chi connectivity index (χ1) is 16.8. The van der Waals surface area contributed by atoms with Gasteiger partial charge in [-0.2, -0.15) is 0 Å². The fraction of sp³-hybridized carbons (Fsp3) is 0. The van der Waals surface area contributed by atoms with Gasteiger partial charge in [0.1, 0.15) is 11.2 Å². The minimum atomic E-state index is 0.947. The van der Waals surface area contributed by atoms with Crippen LogP contribution in [0.3, 0.4) is 0 Å². The van der Waals surface area contributed by atoms with E-state index in [0.29, 0.717) is 0 Å². The number of rotatable bonds is 4. The van der Waals surface area contributed by atoms with Crippen molar-refractivity contribution in [3.8, 4) is 11.1 Å². The molecule has 0 saturated heterocycles. The van der Waals surface area contributed by atoms with Crippen LogP contribution in [0.4, 0.5) is 17.1 Å². The lowest BCUT2D eigenvalue weighted by Gasteiger charge is -2.27. The van der Waals surface area contributed by atoms with E-state index >= 15 is 0 Å². The maximum absolute atomic E-state index is 5.90. The molecule has 7 rings (SSSR count). The van der Waals surface area contributed by atoms with Crippen LogP contribution in [0.25, 0.3) is 43.8 Å². The lowest BCUT2D eigenvalue weighted by atomic mass is 9.96. The Morgan fingerprint density at radius 1 is 0.441 bits per heavy atom. The second-order valence-electron chi connectivity index (χ2n) is 8.65. The molecular formula is C32H21NO. The zero-order valence-corrected chi connectivity index (χ0v) is 18.5. The molecule has 2 bridgehead atoms. The molecule has 5 aromatic carbocycles. The minimum absolute atomic E-state index is 0.947. The van der Waals surface area contributed by atoms with Gasteiger partial charge in [0.15, 0.2) is 0 Å². The van der Waals surface area contributed by atoms with Gasteiger partial charge < -0.3 is 9.32 Å². The van der Waals surface area contributed by atoms with Crippen molar-refractivity contribution in [2.75, 3.05) is 4.90 Å². The third-order valence-corrected chi connectivity index (χ3v) is 6.60. The fourth-order valence-electron chi connectivity index (χ4n) is 4.99. The Bertz CT molecular complexity index is 1710. The van der Waals surface area contributed by atoms with Crippen molar-refractivity contribution in [2.24, 2.45) is 0 Å². The Labute approximate surface area is 197 Å². The van der Waals surface area contributed by atoms with E-state index in [0.717, 1.165) is 28.2 Å². The van der Waals surface area contributed by atoms with Crippen LogP contribution in [0.5, 0.6) is 0 Å². The summed E-state index contributed by atoms with van der Waals surface area (Å²) in [6.45, 7) is 0. The third kappa shape index (κ3) is 2.96. The van der Waals surface area contributed by atoms with Gasteiger partial charge in [0.05, 0.1) is 5.69 Å². The summed E-state index contributed by atoms with van der Waals surface area (Å²) in [5.41, 5.74) is 7.69. The standard InChI is InChI=1S/C32H21NO/c1-3-10-25(11-4-1)33(26-12-5-2-6-13-26)30-21-24(19-23-9-7-8-14-27(23)30)22-15-16-28-29(20-22)32-18-17-31(28)34-32/h1-21H. The van der Waals surface area contributed by atoms with E-state index in [2.05, 4.69) is 126 Å². The molecule has 0 atom stereocenters. The highest BCUT2D eigenvalue weighted by molar-refractivity contribution is 6.09. The van der Waals surface area contributed by atoms with E-state index in [4.69, 9.17) is 4.42 Å². The van der Waals surface area contributed by atoms with E-state index in [1.807, 2.05) is 6.07 Å². The Morgan fingerprint density at radius 3 is 1.82 bits per heavy atom. The number of anilines is 3. The van der Waals surface area contributed by atoms with E-state index in [9.17, 15) is 0 Å². The molecule has 0 aliphatic heterocycles. The second-order valence-corrected chi connectivity index (χ2v) is 8.65. The first-order valence-electron chi connectivity index (χ1n) is 11.5. The van der Waals surface area contributed by atoms with Crippen LogP contribution in [-0.2, 0) is 0 Å². The van der Waals surface area contributed by atoms with Crippen LogP contribution < -0.4 is 4.90 Å². The molecular weight excluding hydrogens is 414 g/mol. The number of nitrogens with zero attached hydrogens (tertiary/aromatic N) is 1. The van der Waals surface area contributed by atoms with Gasteiger partial charge in [-0.05, 0) is 77.2 Å². The zero-order valence-electron chi connectivity index (χ0n) is 18.5. The van der Waals surface area contributed by atoms with Crippen molar-refractivity contribution < 1.29 is 4.42 Å². The fourth-order valence-corrected chi connectivity index (χ4v) is 4.99. The van der Waals surface area contributed by atoms with Crippen molar-refractivity contribution in [2.45, 2.75) is 0 Å². The molecule has 2 heterocycles. The molecule has 7 aromatic rings. The SMILES string of the molecule is c1ccc(N(c2ccccc2)c2cc(-c3ccc4c5ccc(o5)c4c3)cc3ccccc23)cc1. The first-order valence-corrected chi connectivity index (χ1v) is 11.5. The van der Waals surface area contributed by atoms with Gasteiger partial charge >= 0.3 is 0 Å². The predicted molar refractivity (Wildman–Crippen MR) is 143 cm³/mol. The number of furan rings is 2. The van der Waals surface area contributed by atoms with Crippen molar-refractivity contribution in [3.05, 3.63) is 127 Å². The zero-order chi connectivity index (χ0) is 22.5. The van der Waals surface area contributed by atoms with Crippen LogP contribution in [-0.4, -0.2) is 0 Å². The third-order valence-electron chi connectivity index (χ3n) is 6.60. The Kier molecular flexibility index (Phi) is 4.18. The number of fused-ring (bicyclic) bond motifs is 6. The number of hydrogen-bond acceptors (Lipinski definition) is 2. The van der Waals surface area contributed by atoms with E-state index in [1.165, 1.54) is 32.7 Å². The van der Waals surface area contributed by atoms with E-state index < -0.39 is 0 Å². The first kappa shape index (κ1) is 19.0. The molecule has 160 valence electrons. The van der Waals surface area contributed by atoms with Gasteiger partial charge in [0, 0.05) is 27.5 Å². The molecule has 0 N–H and O–H groups in total. The summed E-state index contributed by atoms with van der Waals surface area (Å²) in [7, 11) is 0. The summed E-state index contributed by atoms with van der Waals surface area (Å²) >= 11 is 0. The summed E-state index contributed by atoms with van der Waals surface area (Å²) in [5, 5.41) is 4.78. The predicted octanol–water partition coefficient (Wildman–Crippen LogP) is 9.31. The van der Waals surface area contributed by atoms with Gasteiger partial charge in [0.2, 0.25) is 0 Å². The van der Waals surface area contributed by atoms with Gasteiger partial charge in [-0.1, -0.05) is 66.7 Å². The molecule has 2 aromatic heterocycles. The van der Waals surface area contributed by atoms with Crippen molar-refractivity contribution in [3.63, 3.8) is 0 Å². The maximum Gasteiger partial charge on any atom is 0.135 e. The highest BCUT2D eigenvalue weighted by Crippen LogP contribution is 2.42. The van der Waals surface area contributed by atoms with E-state index in [-0.39, 0.29) is 0 Å². The van der Waals surface area contributed by atoms with Gasteiger partial charge in [-0.25, -0.2) is 0 Å². The normalized spacial score (nSPS) is 11.5. The molecule has 0 unspecified atom stereocenters. The monoisotopic (exact) mass is 435 g/mol. The Balaban J connectivity index is 1.49. The van der Waals surface area contributed by atoms with Crippen molar-refractivity contribution in [1.82, 2.24) is 0 Å².